The first-order valence-corrected chi connectivity index (χ1v) is 8.37. The monoisotopic (exact) mass is 352 g/mol. The number of rotatable bonds is 7. The van der Waals surface area contributed by atoms with Gasteiger partial charge in [-0.3, -0.25) is 4.79 Å². The molecule has 0 saturated heterocycles. The maximum Gasteiger partial charge on any atom is 0.150 e. The molecule has 5 heteroatoms. The number of benzene rings is 1. The van der Waals surface area contributed by atoms with Crippen molar-refractivity contribution in [3.63, 3.8) is 0 Å². The van der Waals surface area contributed by atoms with Crippen LogP contribution in [-0.4, -0.2) is 21.1 Å². The van der Waals surface area contributed by atoms with E-state index in [2.05, 4.69) is 32.4 Å². The highest BCUT2D eigenvalue weighted by Crippen LogP contribution is 2.22. The fraction of sp³-hybridized carbons (Fsp3) is 0.333. The number of hydrogen-bond acceptors (Lipinski definition) is 3. The van der Waals surface area contributed by atoms with E-state index in [0.29, 0.717) is 12.2 Å². The molecule has 2 rings (SSSR count). The number of halogens is 1. The Hall–Kier alpha value is -1.07. The van der Waals surface area contributed by atoms with Gasteiger partial charge in [0, 0.05) is 28.3 Å². The molecule has 106 valence electrons. The number of carbonyl (C=O) groups is 1. The van der Waals surface area contributed by atoms with Crippen LogP contribution in [0.3, 0.4) is 0 Å². The van der Waals surface area contributed by atoms with Crippen LogP contribution in [0.25, 0.3) is 0 Å². The fourth-order valence-electron chi connectivity index (χ4n) is 1.90. The lowest BCUT2D eigenvalue weighted by Crippen LogP contribution is -2.11. The van der Waals surface area contributed by atoms with E-state index >= 15 is 0 Å². The van der Waals surface area contributed by atoms with Crippen molar-refractivity contribution in [1.82, 2.24) is 9.55 Å². The van der Waals surface area contributed by atoms with Crippen molar-refractivity contribution in [2.75, 3.05) is 5.75 Å². The number of aryl methyl sites for hydroxylation is 1. The molecule has 0 N–H and O–H groups in total. The summed E-state index contributed by atoms with van der Waals surface area (Å²) < 4.78 is 3.09. The molecule has 0 fully saturated rings. The van der Waals surface area contributed by atoms with Crippen molar-refractivity contribution in [1.29, 1.82) is 0 Å². The topological polar surface area (TPSA) is 34.9 Å². The van der Waals surface area contributed by atoms with E-state index in [1.165, 1.54) is 0 Å². The van der Waals surface area contributed by atoms with Crippen LogP contribution >= 0.6 is 27.7 Å². The van der Waals surface area contributed by atoms with Crippen LogP contribution in [0.15, 0.2) is 46.0 Å². The summed E-state index contributed by atoms with van der Waals surface area (Å²) in [4.78, 5) is 17.4. The summed E-state index contributed by atoms with van der Waals surface area (Å²) in [7, 11) is 0. The highest BCUT2D eigenvalue weighted by Gasteiger charge is 2.09. The van der Waals surface area contributed by atoms with Gasteiger partial charge >= 0.3 is 0 Å². The number of ketones is 1. The van der Waals surface area contributed by atoms with Crippen molar-refractivity contribution in [3.8, 4) is 0 Å². The zero-order valence-electron chi connectivity index (χ0n) is 11.4. The van der Waals surface area contributed by atoms with Crippen LogP contribution in [0, 0.1) is 0 Å². The van der Waals surface area contributed by atoms with Crippen LogP contribution in [0.5, 0.6) is 0 Å². The molecule has 0 spiro atoms. The summed E-state index contributed by atoms with van der Waals surface area (Å²) in [6.07, 6.45) is 5.16. The minimum Gasteiger partial charge on any atom is -0.335 e. The van der Waals surface area contributed by atoms with Crippen LogP contribution in [0.4, 0.5) is 0 Å². The standard InChI is InChI=1S/C15H17BrN2OS/c1-2-7-18-8-6-17-15(18)10-13(19)11-20-14-5-3-4-12(16)9-14/h3-6,8-9H,2,7,10-11H2,1H3. The summed E-state index contributed by atoms with van der Waals surface area (Å²) in [5.41, 5.74) is 0. The highest BCUT2D eigenvalue weighted by molar-refractivity contribution is 9.10. The first-order valence-electron chi connectivity index (χ1n) is 6.59. The molecule has 0 aliphatic rings. The van der Waals surface area contributed by atoms with E-state index in [9.17, 15) is 4.79 Å². The van der Waals surface area contributed by atoms with Crippen molar-refractivity contribution in [2.45, 2.75) is 31.2 Å². The van der Waals surface area contributed by atoms with E-state index in [0.717, 1.165) is 28.2 Å². The van der Waals surface area contributed by atoms with Crippen LogP contribution in [0.1, 0.15) is 19.2 Å². The molecule has 0 atom stereocenters. The number of hydrogen-bond donors (Lipinski definition) is 0. The zero-order valence-corrected chi connectivity index (χ0v) is 13.8. The lowest BCUT2D eigenvalue weighted by atomic mass is 10.3. The van der Waals surface area contributed by atoms with E-state index in [1.54, 1.807) is 18.0 Å². The summed E-state index contributed by atoms with van der Waals surface area (Å²) in [5, 5.41) is 0. The Morgan fingerprint density at radius 3 is 3.05 bits per heavy atom. The molecule has 1 aromatic carbocycles. The van der Waals surface area contributed by atoms with Gasteiger partial charge in [0.05, 0.1) is 12.2 Å². The normalized spacial score (nSPS) is 10.7. The number of carbonyl (C=O) groups excluding carboxylic acids is 1. The molecule has 3 nitrogen and oxygen atoms in total. The van der Waals surface area contributed by atoms with Gasteiger partial charge in [-0.05, 0) is 24.6 Å². The molecule has 2 aromatic rings. The third-order valence-electron chi connectivity index (χ3n) is 2.82. The van der Waals surface area contributed by atoms with Crippen LogP contribution in [-0.2, 0) is 17.8 Å². The molecule has 1 aromatic heterocycles. The molecule has 0 bridgehead atoms. The van der Waals surface area contributed by atoms with Crippen LogP contribution < -0.4 is 0 Å². The summed E-state index contributed by atoms with van der Waals surface area (Å²) in [6.45, 7) is 3.04. The van der Waals surface area contributed by atoms with Gasteiger partial charge in [0.25, 0.3) is 0 Å². The molecule has 0 aliphatic carbocycles. The van der Waals surface area contributed by atoms with E-state index in [4.69, 9.17) is 0 Å². The largest absolute Gasteiger partial charge is 0.335 e. The summed E-state index contributed by atoms with van der Waals surface area (Å²) in [6, 6.07) is 8.00. The van der Waals surface area contributed by atoms with Gasteiger partial charge in [-0.2, -0.15) is 0 Å². The third kappa shape index (κ3) is 4.49. The first-order chi connectivity index (χ1) is 9.69. The quantitative estimate of drug-likeness (QED) is 0.707. The van der Waals surface area contributed by atoms with Gasteiger partial charge in [-0.1, -0.05) is 28.9 Å². The second kappa shape index (κ2) is 7.64. The minimum absolute atomic E-state index is 0.207. The van der Waals surface area contributed by atoms with E-state index < -0.39 is 0 Å². The molecule has 0 saturated carbocycles. The Kier molecular flexibility index (Phi) is 5.86. The maximum atomic E-state index is 12.0. The smallest absolute Gasteiger partial charge is 0.150 e. The van der Waals surface area contributed by atoms with Gasteiger partial charge in [-0.15, -0.1) is 11.8 Å². The number of thioether (sulfide) groups is 1. The maximum absolute atomic E-state index is 12.0. The lowest BCUT2D eigenvalue weighted by Gasteiger charge is -2.06. The van der Waals surface area contributed by atoms with Crippen molar-refractivity contribution >= 4 is 33.5 Å². The van der Waals surface area contributed by atoms with Gasteiger partial charge in [0.15, 0.2) is 5.78 Å². The molecule has 0 aliphatic heterocycles. The Morgan fingerprint density at radius 2 is 2.30 bits per heavy atom. The first kappa shape index (κ1) is 15.3. The zero-order chi connectivity index (χ0) is 14.4. The van der Waals surface area contributed by atoms with Gasteiger partial charge in [0.1, 0.15) is 5.82 Å². The van der Waals surface area contributed by atoms with Crippen molar-refractivity contribution in [2.24, 2.45) is 0 Å². The second-order valence-corrected chi connectivity index (χ2v) is 6.46. The molecule has 0 amide bonds. The average Bonchev–Trinajstić information content (AvgIpc) is 2.84. The van der Waals surface area contributed by atoms with Gasteiger partial charge in [0.2, 0.25) is 0 Å². The predicted molar refractivity (Wildman–Crippen MR) is 86.1 cm³/mol. The molecule has 20 heavy (non-hydrogen) atoms. The Morgan fingerprint density at radius 1 is 1.45 bits per heavy atom. The predicted octanol–water partition coefficient (Wildman–Crippen LogP) is 3.96. The Bertz CT molecular complexity index is 583. The number of aromatic nitrogens is 2. The van der Waals surface area contributed by atoms with Crippen LogP contribution in [0.2, 0.25) is 0 Å². The molecule has 1 heterocycles. The number of nitrogens with zero attached hydrogens (tertiary/aromatic N) is 2. The van der Waals surface area contributed by atoms with Gasteiger partial charge < -0.3 is 4.57 Å². The van der Waals surface area contributed by atoms with E-state index in [1.807, 2.05) is 30.5 Å². The minimum atomic E-state index is 0.207. The Balaban J connectivity index is 1.88. The fourth-order valence-corrected chi connectivity index (χ4v) is 3.27. The Labute approximate surface area is 131 Å². The molecular formula is C15H17BrN2OS. The number of Topliss-reactive ketones (excluding diaryl/α,β-unsaturated/α-hetero) is 1. The summed E-state index contributed by atoms with van der Waals surface area (Å²) in [5.74, 6) is 1.56. The highest BCUT2D eigenvalue weighted by atomic mass is 79.9. The van der Waals surface area contributed by atoms with Crippen molar-refractivity contribution < 1.29 is 4.79 Å². The third-order valence-corrected chi connectivity index (χ3v) is 4.36. The van der Waals surface area contributed by atoms with Gasteiger partial charge in [-0.25, -0.2) is 4.98 Å². The molecular weight excluding hydrogens is 336 g/mol. The summed E-state index contributed by atoms with van der Waals surface area (Å²) >= 11 is 5.00. The SMILES string of the molecule is CCCn1ccnc1CC(=O)CSc1cccc(Br)c1. The lowest BCUT2D eigenvalue weighted by molar-refractivity contribution is -0.116. The molecule has 0 radical (unpaired) electrons. The number of imidazole rings is 1. The molecule has 0 unspecified atom stereocenters. The van der Waals surface area contributed by atoms with Crippen molar-refractivity contribution in [3.05, 3.63) is 47.0 Å². The van der Waals surface area contributed by atoms with E-state index in [-0.39, 0.29) is 5.78 Å². The second-order valence-electron chi connectivity index (χ2n) is 4.50. The average molecular weight is 353 g/mol.